The lowest BCUT2D eigenvalue weighted by Crippen LogP contribution is -2.00. The molecule has 0 spiro atoms. The van der Waals surface area contributed by atoms with Crippen LogP contribution in [-0.2, 0) is 6.42 Å². The van der Waals surface area contributed by atoms with Crippen molar-refractivity contribution in [2.24, 2.45) is 0 Å². The summed E-state index contributed by atoms with van der Waals surface area (Å²) in [6, 6.07) is 9.16. The first-order valence-electron chi connectivity index (χ1n) is 4.82. The monoisotopic (exact) mass is 300 g/mol. The summed E-state index contributed by atoms with van der Waals surface area (Å²) in [5.74, 6) is 0.551. The van der Waals surface area contributed by atoms with Gasteiger partial charge in [0, 0.05) is 11.4 Å². The molecule has 1 atom stereocenters. The van der Waals surface area contributed by atoms with Gasteiger partial charge in [0.05, 0.1) is 10.7 Å². The summed E-state index contributed by atoms with van der Waals surface area (Å²) in [5, 5.41) is 10.6. The Morgan fingerprint density at radius 3 is 2.50 bits per heavy atom. The molecule has 0 bridgehead atoms. The molecule has 2 nitrogen and oxygen atoms in total. The van der Waals surface area contributed by atoms with E-state index in [2.05, 4.69) is 15.9 Å². The van der Waals surface area contributed by atoms with Crippen molar-refractivity contribution in [3.8, 4) is 0 Å². The van der Waals surface area contributed by atoms with Gasteiger partial charge in [0.15, 0.2) is 0 Å². The molecule has 16 heavy (non-hydrogen) atoms. The lowest BCUT2D eigenvalue weighted by molar-refractivity contribution is 0.149. The zero-order valence-electron chi connectivity index (χ0n) is 8.36. The molecule has 0 aliphatic rings. The fourth-order valence-electron chi connectivity index (χ4n) is 1.48. The Morgan fingerprint density at radius 2 is 1.94 bits per heavy atom. The molecule has 0 amide bonds. The SMILES string of the molecule is OC(Cc1ccc(Cl)cc1)c1occc1Br. The zero-order valence-corrected chi connectivity index (χ0v) is 10.7. The summed E-state index contributed by atoms with van der Waals surface area (Å²) in [6.45, 7) is 0. The van der Waals surface area contributed by atoms with Gasteiger partial charge >= 0.3 is 0 Å². The highest BCUT2D eigenvalue weighted by molar-refractivity contribution is 9.10. The Hall–Kier alpha value is -0.770. The second kappa shape index (κ2) is 5.04. The molecule has 0 saturated carbocycles. The molecular formula is C12H10BrClO2. The highest BCUT2D eigenvalue weighted by Crippen LogP contribution is 2.27. The average molecular weight is 302 g/mol. The quantitative estimate of drug-likeness (QED) is 0.930. The molecule has 1 N–H and O–H groups in total. The second-order valence-electron chi connectivity index (χ2n) is 3.48. The van der Waals surface area contributed by atoms with E-state index in [4.69, 9.17) is 16.0 Å². The number of hydrogen-bond donors (Lipinski definition) is 1. The fraction of sp³-hybridized carbons (Fsp3) is 0.167. The number of aliphatic hydroxyl groups excluding tert-OH is 1. The predicted octanol–water partition coefficient (Wildman–Crippen LogP) is 3.97. The fourth-order valence-corrected chi connectivity index (χ4v) is 2.07. The van der Waals surface area contributed by atoms with Crippen LogP contribution >= 0.6 is 27.5 Å². The van der Waals surface area contributed by atoms with Gasteiger partial charge in [-0.2, -0.15) is 0 Å². The van der Waals surface area contributed by atoms with Crippen molar-refractivity contribution >= 4 is 27.5 Å². The van der Waals surface area contributed by atoms with Crippen molar-refractivity contribution in [3.63, 3.8) is 0 Å². The first-order chi connectivity index (χ1) is 7.66. The van der Waals surface area contributed by atoms with Crippen LogP contribution in [0.25, 0.3) is 0 Å². The zero-order chi connectivity index (χ0) is 11.5. The first kappa shape index (κ1) is 11.7. The van der Waals surface area contributed by atoms with Gasteiger partial charge in [0.1, 0.15) is 11.9 Å². The lowest BCUT2D eigenvalue weighted by Gasteiger charge is -2.08. The third-order valence-corrected chi connectivity index (χ3v) is 3.20. The lowest BCUT2D eigenvalue weighted by atomic mass is 10.1. The molecule has 2 rings (SSSR count). The predicted molar refractivity (Wildman–Crippen MR) is 66.5 cm³/mol. The summed E-state index contributed by atoms with van der Waals surface area (Å²) in [6.07, 6.45) is 1.40. The van der Waals surface area contributed by atoms with Gasteiger partial charge in [-0.05, 0) is 39.7 Å². The van der Waals surface area contributed by atoms with E-state index in [0.717, 1.165) is 10.0 Å². The van der Waals surface area contributed by atoms with Crippen molar-refractivity contribution in [3.05, 3.63) is 57.4 Å². The first-order valence-corrected chi connectivity index (χ1v) is 5.99. The molecule has 0 saturated heterocycles. The maximum atomic E-state index is 9.96. The number of furan rings is 1. The Labute approximate surface area is 107 Å². The van der Waals surface area contributed by atoms with Gasteiger partial charge in [-0.3, -0.25) is 0 Å². The Kier molecular flexibility index (Phi) is 3.69. The average Bonchev–Trinajstić information content (AvgIpc) is 2.68. The maximum absolute atomic E-state index is 9.96. The number of hydrogen-bond acceptors (Lipinski definition) is 2. The van der Waals surface area contributed by atoms with Gasteiger partial charge in [-0.1, -0.05) is 23.7 Å². The minimum atomic E-state index is -0.648. The highest BCUT2D eigenvalue weighted by Gasteiger charge is 2.15. The number of rotatable bonds is 3. The molecular weight excluding hydrogens is 291 g/mol. The summed E-state index contributed by atoms with van der Waals surface area (Å²) >= 11 is 9.10. The third-order valence-electron chi connectivity index (χ3n) is 2.29. The molecule has 1 unspecified atom stereocenters. The van der Waals surface area contributed by atoms with Crippen LogP contribution in [0, 0.1) is 0 Å². The summed E-state index contributed by atoms with van der Waals surface area (Å²) in [5.41, 5.74) is 1.01. The van der Waals surface area contributed by atoms with Gasteiger partial charge in [-0.15, -0.1) is 0 Å². The van der Waals surface area contributed by atoms with Crippen molar-refractivity contribution in [2.45, 2.75) is 12.5 Å². The minimum absolute atomic E-state index is 0.503. The van der Waals surface area contributed by atoms with Crippen LogP contribution in [0.3, 0.4) is 0 Å². The molecule has 0 fully saturated rings. The summed E-state index contributed by atoms with van der Waals surface area (Å²) < 4.78 is 5.99. The molecule has 0 aliphatic carbocycles. The molecule has 1 heterocycles. The molecule has 2 aromatic rings. The Morgan fingerprint density at radius 1 is 1.25 bits per heavy atom. The molecule has 0 radical (unpaired) electrons. The van der Waals surface area contributed by atoms with E-state index in [1.165, 1.54) is 0 Å². The van der Waals surface area contributed by atoms with E-state index in [1.807, 2.05) is 12.1 Å². The maximum Gasteiger partial charge on any atom is 0.146 e. The van der Waals surface area contributed by atoms with Crippen LogP contribution in [0.15, 0.2) is 45.5 Å². The van der Waals surface area contributed by atoms with Crippen molar-refractivity contribution in [1.82, 2.24) is 0 Å². The van der Waals surface area contributed by atoms with Crippen molar-refractivity contribution < 1.29 is 9.52 Å². The van der Waals surface area contributed by atoms with E-state index >= 15 is 0 Å². The minimum Gasteiger partial charge on any atom is -0.465 e. The van der Waals surface area contributed by atoms with Gasteiger partial charge in [0.2, 0.25) is 0 Å². The summed E-state index contributed by atoms with van der Waals surface area (Å²) in [7, 11) is 0. The second-order valence-corrected chi connectivity index (χ2v) is 4.77. The largest absolute Gasteiger partial charge is 0.465 e. The molecule has 4 heteroatoms. The van der Waals surface area contributed by atoms with E-state index in [0.29, 0.717) is 17.2 Å². The van der Waals surface area contributed by atoms with Crippen LogP contribution in [0.4, 0.5) is 0 Å². The standard InChI is InChI=1S/C12H10BrClO2/c13-10-5-6-16-12(10)11(15)7-8-1-3-9(14)4-2-8/h1-6,11,15H,7H2. The van der Waals surface area contributed by atoms with E-state index in [9.17, 15) is 5.11 Å². The Bertz CT molecular complexity index is 464. The van der Waals surface area contributed by atoms with Crippen molar-refractivity contribution in [1.29, 1.82) is 0 Å². The topological polar surface area (TPSA) is 33.4 Å². The van der Waals surface area contributed by atoms with Crippen LogP contribution in [0.5, 0.6) is 0 Å². The van der Waals surface area contributed by atoms with Crippen LogP contribution in [0.2, 0.25) is 5.02 Å². The number of benzene rings is 1. The molecule has 1 aromatic carbocycles. The van der Waals surface area contributed by atoms with Gasteiger partial charge in [-0.25, -0.2) is 0 Å². The van der Waals surface area contributed by atoms with E-state index in [1.54, 1.807) is 24.5 Å². The highest BCUT2D eigenvalue weighted by atomic mass is 79.9. The molecule has 0 aliphatic heterocycles. The van der Waals surface area contributed by atoms with Crippen molar-refractivity contribution in [2.75, 3.05) is 0 Å². The number of halogens is 2. The molecule has 84 valence electrons. The van der Waals surface area contributed by atoms with Gasteiger partial charge < -0.3 is 9.52 Å². The van der Waals surface area contributed by atoms with Gasteiger partial charge in [0.25, 0.3) is 0 Å². The van der Waals surface area contributed by atoms with Crippen LogP contribution in [-0.4, -0.2) is 5.11 Å². The van der Waals surface area contributed by atoms with Crippen LogP contribution < -0.4 is 0 Å². The van der Waals surface area contributed by atoms with E-state index < -0.39 is 6.10 Å². The van der Waals surface area contributed by atoms with Crippen LogP contribution in [0.1, 0.15) is 17.4 Å². The smallest absolute Gasteiger partial charge is 0.146 e. The van der Waals surface area contributed by atoms with E-state index in [-0.39, 0.29) is 0 Å². The normalized spacial score (nSPS) is 12.7. The number of aliphatic hydroxyl groups is 1. The molecule has 1 aromatic heterocycles. The summed E-state index contributed by atoms with van der Waals surface area (Å²) in [4.78, 5) is 0. The third kappa shape index (κ3) is 2.67. The Balaban J connectivity index is 2.10.